The summed E-state index contributed by atoms with van der Waals surface area (Å²) in [7, 11) is 0. The molecule has 0 aliphatic heterocycles. The lowest BCUT2D eigenvalue weighted by Crippen LogP contribution is -2.07. The second-order valence-electron chi connectivity index (χ2n) is 4.96. The Balaban J connectivity index is 2.42. The monoisotopic (exact) mass is 235 g/mol. The van der Waals surface area contributed by atoms with E-state index < -0.39 is 0 Å². The van der Waals surface area contributed by atoms with E-state index in [1.54, 1.807) is 0 Å². The third kappa shape index (κ3) is 5.07. The maximum absolute atomic E-state index is 4.47. The average Bonchev–Trinajstić information content (AvgIpc) is 2.62. The normalized spacial score (nSPS) is 10.8. The lowest BCUT2D eigenvalue weighted by atomic mass is 10.1. The number of unbranched alkanes of at least 4 members (excludes halogenated alkanes) is 1. The number of aromatic nitrogens is 2. The summed E-state index contributed by atoms with van der Waals surface area (Å²) >= 11 is 0. The summed E-state index contributed by atoms with van der Waals surface area (Å²) in [5.74, 6) is 1.77. The van der Waals surface area contributed by atoms with Gasteiger partial charge in [0.2, 0.25) is 5.95 Å². The lowest BCUT2D eigenvalue weighted by molar-refractivity contribution is 0.510. The highest BCUT2D eigenvalue weighted by Gasteiger charge is 2.04. The molecule has 0 saturated heterocycles. The Bertz CT molecular complexity index is 339. The number of aryl methyl sites for hydroxylation is 2. The first-order chi connectivity index (χ1) is 8.13. The molecule has 0 aromatic carbocycles. The highest BCUT2D eigenvalue weighted by atomic mass is 15.2. The zero-order chi connectivity index (χ0) is 12.7. The molecule has 1 heterocycles. The molecular formula is C14H25N3. The number of hydrogen-bond donors (Lipinski definition) is 1. The van der Waals surface area contributed by atoms with Crippen molar-refractivity contribution in [2.45, 2.75) is 46.6 Å². The Kier molecular flexibility index (Phi) is 5.81. The Hall–Kier alpha value is -1.25. The molecule has 0 unspecified atom stereocenters. The fourth-order valence-electron chi connectivity index (χ4n) is 1.86. The largest absolute Gasteiger partial charge is 0.352 e. The van der Waals surface area contributed by atoms with Crippen LogP contribution in [0.1, 0.15) is 38.8 Å². The van der Waals surface area contributed by atoms with Crippen LogP contribution in [0, 0.1) is 12.8 Å². The second kappa shape index (κ2) is 7.15. The predicted octanol–water partition coefficient (Wildman–Crippen LogP) is 3.62. The fourth-order valence-corrected chi connectivity index (χ4v) is 1.86. The molecule has 0 spiro atoms. The standard InChI is InChI=1S/C14H25N3/c1-5-9-15-14-16-13(4)11-17(14)10-7-6-8-12(2)3/h5,11-12H,1,6-10H2,2-4H3,(H,15,16). The molecule has 0 aliphatic carbocycles. The van der Waals surface area contributed by atoms with Gasteiger partial charge in [0.15, 0.2) is 0 Å². The molecule has 3 nitrogen and oxygen atoms in total. The maximum Gasteiger partial charge on any atom is 0.203 e. The number of anilines is 1. The van der Waals surface area contributed by atoms with Crippen LogP contribution in [0.25, 0.3) is 0 Å². The number of hydrogen-bond acceptors (Lipinski definition) is 2. The SMILES string of the molecule is C=CCNc1nc(C)cn1CCCCC(C)C. The minimum Gasteiger partial charge on any atom is -0.352 e. The Morgan fingerprint density at radius 1 is 1.47 bits per heavy atom. The van der Waals surface area contributed by atoms with Crippen LogP contribution in [0.15, 0.2) is 18.9 Å². The Morgan fingerprint density at radius 3 is 2.88 bits per heavy atom. The van der Waals surface area contributed by atoms with Crippen molar-refractivity contribution >= 4 is 5.95 Å². The van der Waals surface area contributed by atoms with E-state index in [9.17, 15) is 0 Å². The van der Waals surface area contributed by atoms with E-state index in [0.717, 1.165) is 30.6 Å². The molecule has 3 heteroatoms. The van der Waals surface area contributed by atoms with E-state index >= 15 is 0 Å². The Labute approximate surface area is 105 Å². The molecule has 0 fully saturated rings. The number of nitrogens with one attached hydrogen (secondary N) is 1. The van der Waals surface area contributed by atoms with E-state index in [1.165, 1.54) is 19.3 Å². The topological polar surface area (TPSA) is 29.9 Å². The molecule has 17 heavy (non-hydrogen) atoms. The molecule has 1 aromatic rings. The zero-order valence-electron chi connectivity index (χ0n) is 11.4. The molecule has 0 atom stereocenters. The first-order valence-corrected chi connectivity index (χ1v) is 6.52. The maximum atomic E-state index is 4.47. The van der Waals surface area contributed by atoms with Crippen molar-refractivity contribution in [3.8, 4) is 0 Å². The summed E-state index contributed by atoms with van der Waals surface area (Å²) in [6, 6.07) is 0. The van der Waals surface area contributed by atoms with Crippen LogP contribution < -0.4 is 5.32 Å². The van der Waals surface area contributed by atoms with E-state index in [0.29, 0.717) is 0 Å². The molecule has 0 radical (unpaired) electrons. The van der Waals surface area contributed by atoms with Crippen molar-refractivity contribution in [3.05, 3.63) is 24.5 Å². The average molecular weight is 235 g/mol. The first kappa shape index (κ1) is 13.8. The van der Waals surface area contributed by atoms with E-state index in [4.69, 9.17) is 0 Å². The summed E-state index contributed by atoms with van der Waals surface area (Å²) in [5, 5.41) is 3.27. The van der Waals surface area contributed by atoms with Gasteiger partial charge in [-0.15, -0.1) is 6.58 Å². The molecule has 0 bridgehead atoms. The van der Waals surface area contributed by atoms with Gasteiger partial charge in [0, 0.05) is 19.3 Å². The van der Waals surface area contributed by atoms with Gasteiger partial charge < -0.3 is 9.88 Å². The van der Waals surface area contributed by atoms with Crippen LogP contribution in [0.5, 0.6) is 0 Å². The molecule has 0 aliphatic rings. The van der Waals surface area contributed by atoms with Crippen LogP contribution >= 0.6 is 0 Å². The summed E-state index contributed by atoms with van der Waals surface area (Å²) in [4.78, 5) is 4.47. The van der Waals surface area contributed by atoms with Crippen molar-refractivity contribution in [3.63, 3.8) is 0 Å². The highest BCUT2D eigenvalue weighted by Crippen LogP contribution is 2.12. The van der Waals surface area contributed by atoms with Gasteiger partial charge in [0.25, 0.3) is 0 Å². The van der Waals surface area contributed by atoms with Crippen molar-refractivity contribution in [2.24, 2.45) is 5.92 Å². The molecule has 0 saturated carbocycles. The molecule has 0 amide bonds. The van der Waals surface area contributed by atoms with Gasteiger partial charge in [-0.25, -0.2) is 4.98 Å². The van der Waals surface area contributed by atoms with Crippen LogP contribution in [-0.4, -0.2) is 16.1 Å². The van der Waals surface area contributed by atoms with E-state index in [-0.39, 0.29) is 0 Å². The van der Waals surface area contributed by atoms with Gasteiger partial charge in [-0.1, -0.05) is 32.8 Å². The fraction of sp³-hybridized carbons (Fsp3) is 0.643. The lowest BCUT2D eigenvalue weighted by Gasteiger charge is -2.09. The molecule has 1 rings (SSSR count). The van der Waals surface area contributed by atoms with Gasteiger partial charge in [-0.05, 0) is 19.3 Å². The third-order valence-corrected chi connectivity index (χ3v) is 2.73. The quantitative estimate of drug-likeness (QED) is 0.551. The van der Waals surface area contributed by atoms with E-state index in [1.807, 2.05) is 13.0 Å². The van der Waals surface area contributed by atoms with Crippen LogP contribution in [0.3, 0.4) is 0 Å². The van der Waals surface area contributed by atoms with Crippen molar-refractivity contribution in [1.29, 1.82) is 0 Å². The summed E-state index contributed by atoms with van der Waals surface area (Å²) in [6.07, 6.45) is 7.78. The predicted molar refractivity (Wildman–Crippen MR) is 74.3 cm³/mol. The van der Waals surface area contributed by atoms with Crippen LogP contribution in [0.2, 0.25) is 0 Å². The van der Waals surface area contributed by atoms with Crippen LogP contribution in [-0.2, 0) is 6.54 Å². The third-order valence-electron chi connectivity index (χ3n) is 2.73. The summed E-state index contributed by atoms with van der Waals surface area (Å²) < 4.78 is 2.21. The van der Waals surface area contributed by atoms with Gasteiger partial charge >= 0.3 is 0 Å². The van der Waals surface area contributed by atoms with Gasteiger partial charge in [-0.2, -0.15) is 0 Å². The smallest absolute Gasteiger partial charge is 0.203 e. The minimum absolute atomic E-state index is 0.766. The number of imidazole rings is 1. The number of rotatable bonds is 8. The minimum atomic E-state index is 0.766. The summed E-state index contributed by atoms with van der Waals surface area (Å²) in [6.45, 7) is 12.1. The van der Waals surface area contributed by atoms with Crippen molar-refractivity contribution in [1.82, 2.24) is 9.55 Å². The second-order valence-corrected chi connectivity index (χ2v) is 4.96. The zero-order valence-corrected chi connectivity index (χ0v) is 11.4. The first-order valence-electron chi connectivity index (χ1n) is 6.52. The number of nitrogens with zero attached hydrogens (tertiary/aromatic N) is 2. The van der Waals surface area contributed by atoms with Crippen molar-refractivity contribution in [2.75, 3.05) is 11.9 Å². The van der Waals surface area contributed by atoms with Crippen LogP contribution in [0.4, 0.5) is 5.95 Å². The highest BCUT2D eigenvalue weighted by molar-refractivity contribution is 5.29. The molecule has 1 N–H and O–H groups in total. The molecule has 96 valence electrons. The van der Waals surface area contributed by atoms with Gasteiger partial charge in [0.05, 0.1) is 5.69 Å². The molecular weight excluding hydrogens is 210 g/mol. The van der Waals surface area contributed by atoms with Crippen molar-refractivity contribution < 1.29 is 0 Å². The summed E-state index contributed by atoms with van der Waals surface area (Å²) in [5.41, 5.74) is 1.07. The van der Waals surface area contributed by atoms with Gasteiger partial charge in [-0.3, -0.25) is 0 Å². The molecule has 1 aromatic heterocycles. The van der Waals surface area contributed by atoms with E-state index in [2.05, 4.69) is 41.5 Å². The Morgan fingerprint density at radius 2 is 2.24 bits per heavy atom. The van der Waals surface area contributed by atoms with Gasteiger partial charge in [0.1, 0.15) is 0 Å².